The fraction of sp³-hybridized carbons (Fsp3) is 0.235. The first-order valence-electron chi connectivity index (χ1n) is 7.23. The van der Waals surface area contributed by atoms with Crippen molar-refractivity contribution < 1.29 is 9.59 Å². The number of nitrogens with one attached hydrogen (secondary N) is 2. The van der Waals surface area contributed by atoms with E-state index >= 15 is 0 Å². The lowest BCUT2D eigenvalue weighted by Crippen LogP contribution is -2.41. The van der Waals surface area contributed by atoms with Gasteiger partial charge in [-0.2, -0.15) is 5.10 Å². The van der Waals surface area contributed by atoms with Crippen LogP contribution in [0, 0.1) is 0 Å². The fourth-order valence-corrected chi connectivity index (χ4v) is 1.97. The Morgan fingerprint density at radius 3 is 2.64 bits per heavy atom. The first-order chi connectivity index (χ1) is 10.6. The largest absolute Gasteiger partial charge is 0.345 e. The molecule has 2 aromatic rings. The molecule has 0 saturated heterocycles. The molecule has 1 atom stereocenters. The van der Waals surface area contributed by atoms with Crippen LogP contribution in [-0.2, 0) is 9.59 Å². The molecule has 2 aromatic carbocycles. The lowest BCUT2D eigenvalue weighted by Gasteiger charge is -2.09. The third kappa shape index (κ3) is 3.91. The van der Waals surface area contributed by atoms with Crippen molar-refractivity contribution in [1.82, 2.24) is 10.7 Å². The molecule has 0 aliphatic heterocycles. The number of amides is 2. The van der Waals surface area contributed by atoms with Gasteiger partial charge in [-0.15, -0.1) is 0 Å². The Morgan fingerprint density at radius 2 is 1.86 bits per heavy atom. The summed E-state index contributed by atoms with van der Waals surface area (Å²) >= 11 is 0. The third-order valence-corrected chi connectivity index (χ3v) is 3.39. The van der Waals surface area contributed by atoms with E-state index in [2.05, 4.69) is 15.8 Å². The van der Waals surface area contributed by atoms with Gasteiger partial charge in [0.1, 0.15) is 0 Å². The van der Waals surface area contributed by atoms with Crippen LogP contribution in [0.3, 0.4) is 0 Å². The van der Waals surface area contributed by atoms with E-state index in [0.717, 1.165) is 22.8 Å². The highest BCUT2D eigenvalue weighted by Crippen LogP contribution is 2.16. The minimum absolute atomic E-state index is 0.0414. The highest BCUT2D eigenvalue weighted by atomic mass is 16.2. The van der Waals surface area contributed by atoms with E-state index in [4.69, 9.17) is 0 Å². The van der Waals surface area contributed by atoms with Gasteiger partial charge in [0.2, 0.25) is 0 Å². The van der Waals surface area contributed by atoms with E-state index in [9.17, 15) is 9.59 Å². The molecular weight excluding hydrogens is 278 g/mol. The monoisotopic (exact) mass is 297 g/mol. The Kier molecular flexibility index (Phi) is 5.25. The molecule has 0 aliphatic rings. The quantitative estimate of drug-likeness (QED) is 0.516. The summed E-state index contributed by atoms with van der Waals surface area (Å²) in [4.78, 5) is 23.2. The molecule has 0 radical (unpaired) electrons. The van der Waals surface area contributed by atoms with Crippen LogP contribution in [0.15, 0.2) is 47.6 Å². The van der Waals surface area contributed by atoms with Gasteiger partial charge in [0.05, 0.1) is 6.21 Å². The Balaban J connectivity index is 2.02. The van der Waals surface area contributed by atoms with Crippen molar-refractivity contribution in [2.45, 2.75) is 26.3 Å². The number of nitrogens with zero attached hydrogens (tertiary/aromatic N) is 1. The minimum Gasteiger partial charge on any atom is -0.345 e. The third-order valence-electron chi connectivity index (χ3n) is 3.39. The molecule has 0 fully saturated rings. The van der Waals surface area contributed by atoms with Crippen LogP contribution in [0.1, 0.15) is 25.8 Å². The Bertz CT molecular complexity index is 705. The zero-order valence-corrected chi connectivity index (χ0v) is 12.7. The molecule has 5 heteroatoms. The van der Waals surface area contributed by atoms with Crippen LogP contribution in [0.5, 0.6) is 0 Å². The molecular formula is C17H19N3O2. The maximum absolute atomic E-state index is 11.6. The van der Waals surface area contributed by atoms with Gasteiger partial charge in [0, 0.05) is 11.6 Å². The average molecular weight is 297 g/mol. The highest BCUT2D eigenvalue weighted by molar-refractivity contribution is 6.35. The SMILES string of the molecule is CC[C@@H](C)NC(=O)C(=O)N/N=C\c1cccc2ccccc12. The lowest BCUT2D eigenvalue weighted by molar-refractivity contribution is -0.139. The van der Waals surface area contributed by atoms with Crippen molar-refractivity contribution in [3.8, 4) is 0 Å². The first-order valence-corrected chi connectivity index (χ1v) is 7.23. The summed E-state index contributed by atoms with van der Waals surface area (Å²) in [7, 11) is 0. The van der Waals surface area contributed by atoms with Crippen LogP contribution in [0.25, 0.3) is 10.8 Å². The summed E-state index contributed by atoms with van der Waals surface area (Å²) in [6.07, 6.45) is 2.30. The molecule has 0 heterocycles. The molecule has 0 bridgehead atoms. The summed E-state index contributed by atoms with van der Waals surface area (Å²) in [5.41, 5.74) is 3.12. The summed E-state index contributed by atoms with van der Waals surface area (Å²) in [5, 5.41) is 8.57. The van der Waals surface area contributed by atoms with Gasteiger partial charge in [0.25, 0.3) is 0 Å². The van der Waals surface area contributed by atoms with E-state index in [1.165, 1.54) is 6.21 Å². The molecule has 0 aromatic heterocycles. The highest BCUT2D eigenvalue weighted by Gasteiger charge is 2.14. The van der Waals surface area contributed by atoms with Gasteiger partial charge in [0.15, 0.2) is 0 Å². The van der Waals surface area contributed by atoms with Gasteiger partial charge in [-0.25, -0.2) is 5.43 Å². The molecule has 2 rings (SSSR count). The molecule has 2 N–H and O–H groups in total. The number of hydrogen-bond donors (Lipinski definition) is 2. The van der Waals surface area contributed by atoms with Crippen molar-refractivity contribution >= 4 is 28.8 Å². The molecule has 2 amide bonds. The lowest BCUT2D eigenvalue weighted by atomic mass is 10.1. The van der Waals surface area contributed by atoms with Gasteiger partial charge in [-0.05, 0) is 24.1 Å². The van der Waals surface area contributed by atoms with Gasteiger partial charge < -0.3 is 5.32 Å². The number of fused-ring (bicyclic) bond motifs is 1. The molecule has 0 aliphatic carbocycles. The molecule has 0 unspecified atom stereocenters. The first kappa shape index (κ1) is 15.7. The number of hydrazone groups is 1. The van der Waals surface area contributed by atoms with E-state index in [0.29, 0.717) is 0 Å². The normalized spacial score (nSPS) is 12.3. The maximum atomic E-state index is 11.6. The van der Waals surface area contributed by atoms with Crippen LogP contribution < -0.4 is 10.7 Å². The molecule has 22 heavy (non-hydrogen) atoms. The summed E-state index contributed by atoms with van der Waals surface area (Å²) in [6, 6.07) is 13.7. The van der Waals surface area contributed by atoms with Crippen LogP contribution in [0.4, 0.5) is 0 Å². The second-order valence-electron chi connectivity index (χ2n) is 5.05. The predicted octanol–water partition coefficient (Wildman–Crippen LogP) is 2.20. The number of carbonyl (C=O) groups is 2. The topological polar surface area (TPSA) is 70.6 Å². The molecule has 5 nitrogen and oxygen atoms in total. The molecule has 0 saturated carbocycles. The minimum atomic E-state index is -0.767. The van der Waals surface area contributed by atoms with Crippen molar-refractivity contribution in [2.75, 3.05) is 0 Å². The Morgan fingerprint density at radius 1 is 1.14 bits per heavy atom. The van der Waals surface area contributed by atoms with E-state index in [1.54, 1.807) is 0 Å². The van der Waals surface area contributed by atoms with Crippen molar-refractivity contribution in [2.24, 2.45) is 5.10 Å². The second-order valence-corrected chi connectivity index (χ2v) is 5.05. The fourth-order valence-electron chi connectivity index (χ4n) is 1.97. The van der Waals surface area contributed by atoms with E-state index < -0.39 is 11.8 Å². The van der Waals surface area contributed by atoms with E-state index in [1.807, 2.05) is 56.3 Å². The van der Waals surface area contributed by atoms with Gasteiger partial charge in [-0.1, -0.05) is 49.4 Å². The summed E-state index contributed by atoms with van der Waals surface area (Å²) < 4.78 is 0. The smallest absolute Gasteiger partial charge is 0.329 e. The maximum Gasteiger partial charge on any atom is 0.329 e. The average Bonchev–Trinajstić information content (AvgIpc) is 2.54. The van der Waals surface area contributed by atoms with Crippen LogP contribution in [0.2, 0.25) is 0 Å². The Labute approximate surface area is 129 Å². The van der Waals surface area contributed by atoms with Crippen molar-refractivity contribution in [3.05, 3.63) is 48.0 Å². The number of rotatable bonds is 4. The zero-order valence-electron chi connectivity index (χ0n) is 12.7. The Hall–Kier alpha value is -2.69. The predicted molar refractivity (Wildman–Crippen MR) is 87.6 cm³/mol. The number of benzene rings is 2. The van der Waals surface area contributed by atoms with Crippen LogP contribution >= 0.6 is 0 Å². The molecule has 114 valence electrons. The number of carbonyl (C=O) groups excluding carboxylic acids is 2. The second kappa shape index (κ2) is 7.36. The van der Waals surface area contributed by atoms with Gasteiger partial charge >= 0.3 is 11.8 Å². The van der Waals surface area contributed by atoms with Crippen LogP contribution in [-0.4, -0.2) is 24.1 Å². The molecule has 0 spiro atoms. The van der Waals surface area contributed by atoms with Crippen molar-refractivity contribution in [3.63, 3.8) is 0 Å². The van der Waals surface area contributed by atoms with Gasteiger partial charge in [-0.3, -0.25) is 9.59 Å². The standard InChI is InChI=1S/C17H19N3O2/c1-3-12(2)19-16(21)17(22)20-18-11-14-9-6-8-13-7-4-5-10-15(13)14/h4-12H,3H2,1-2H3,(H,19,21)(H,20,22)/b18-11-/t12-/m1/s1. The summed E-state index contributed by atoms with van der Waals surface area (Å²) in [6.45, 7) is 3.77. The summed E-state index contributed by atoms with van der Waals surface area (Å²) in [5.74, 6) is -1.44. The van der Waals surface area contributed by atoms with Crippen molar-refractivity contribution in [1.29, 1.82) is 0 Å². The zero-order chi connectivity index (χ0) is 15.9. The number of hydrogen-bond acceptors (Lipinski definition) is 3. The van der Waals surface area contributed by atoms with E-state index in [-0.39, 0.29) is 6.04 Å².